The Labute approximate surface area is 384 Å². The number of nitrogens with one attached hydrogen (secondary N) is 4. The molecule has 3 aliphatic heterocycles. The summed E-state index contributed by atoms with van der Waals surface area (Å²) in [5.41, 5.74) is 3.19. The highest BCUT2D eigenvalue weighted by Crippen LogP contribution is 2.33. The van der Waals surface area contributed by atoms with Crippen molar-refractivity contribution in [3.8, 4) is 0 Å². The van der Waals surface area contributed by atoms with E-state index in [1.807, 2.05) is 15.6 Å². The van der Waals surface area contributed by atoms with Gasteiger partial charge in [0.2, 0.25) is 23.6 Å². The van der Waals surface area contributed by atoms with Gasteiger partial charge >= 0.3 is 0 Å². The van der Waals surface area contributed by atoms with Crippen molar-refractivity contribution >= 4 is 52.5 Å². The van der Waals surface area contributed by atoms with E-state index >= 15 is 0 Å². The number of carbonyl (C=O) groups excluding carboxylic acids is 6. The molecule has 66 heavy (non-hydrogen) atoms. The summed E-state index contributed by atoms with van der Waals surface area (Å²) >= 11 is 0. The number of piperidine rings is 1. The number of hydrogen-bond donors (Lipinski definition) is 4. The standard InChI is InChI=1S/C46H64N10O10/c1-31(2)34-14-17-55-42(34)43(49-30-50-55)51-32-6-8-33(9-7-32)53-18-20-54(21-19-53)40(59)13-12-38(57)48-16-23-64-25-27-66-29-28-65-26-24-63-22-15-47-36-5-3-4-35-41(36)46(62)56(45(35)61)37-10-11-39(58)52-44(37)60/h3-5,14,17,30-33,37,47H,6-13,15-16,18-29H2,1-2H3,(H,48,57)(H,49,50,51)(H,52,58,60). The van der Waals surface area contributed by atoms with Crippen LogP contribution in [0.2, 0.25) is 0 Å². The van der Waals surface area contributed by atoms with Gasteiger partial charge in [-0.15, -0.1) is 0 Å². The fraction of sp³-hybridized carbons (Fsp3) is 0.609. The van der Waals surface area contributed by atoms with Crippen LogP contribution in [0.15, 0.2) is 36.8 Å². The van der Waals surface area contributed by atoms with Crippen LogP contribution in [0.25, 0.3) is 5.52 Å². The first-order chi connectivity index (χ1) is 32.1. The molecular weight excluding hydrogens is 853 g/mol. The van der Waals surface area contributed by atoms with Gasteiger partial charge in [-0.05, 0) is 61.8 Å². The van der Waals surface area contributed by atoms with Gasteiger partial charge in [-0.25, -0.2) is 9.50 Å². The smallest absolute Gasteiger partial charge is 0.264 e. The highest BCUT2D eigenvalue weighted by molar-refractivity contribution is 6.25. The summed E-state index contributed by atoms with van der Waals surface area (Å²) in [7, 11) is 0. The molecule has 2 aromatic heterocycles. The summed E-state index contributed by atoms with van der Waals surface area (Å²) in [6.07, 6.45) is 8.45. The molecule has 1 atom stereocenters. The zero-order valence-corrected chi connectivity index (χ0v) is 38.1. The molecule has 3 aromatic rings. The Balaban J connectivity index is 0.646. The van der Waals surface area contributed by atoms with Crippen LogP contribution in [0.4, 0.5) is 11.5 Å². The lowest BCUT2D eigenvalue weighted by Crippen LogP contribution is -2.54. The first-order valence-corrected chi connectivity index (χ1v) is 23.4. The predicted octanol–water partition coefficient (Wildman–Crippen LogP) is 2.20. The highest BCUT2D eigenvalue weighted by Gasteiger charge is 2.45. The average Bonchev–Trinajstić information content (AvgIpc) is 3.87. The highest BCUT2D eigenvalue weighted by atomic mass is 16.6. The molecule has 1 unspecified atom stereocenters. The third-order valence-corrected chi connectivity index (χ3v) is 12.6. The van der Waals surface area contributed by atoms with Crippen LogP contribution in [0, 0.1) is 0 Å². The Hall–Kier alpha value is -5.54. The lowest BCUT2D eigenvalue weighted by Gasteiger charge is -2.42. The molecule has 1 saturated carbocycles. The summed E-state index contributed by atoms with van der Waals surface area (Å²) < 4.78 is 24.2. The number of ether oxygens (including phenoxy) is 4. The Morgan fingerprint density at radius 1 is 0.803 bits per heavy atom. The van der Waals surface area contributed by atoms with E-state index in [2.05, 4.69) is 56.2 Å². The summed E-state index contributed by atoms with van der Waals surface area (Å²) in [6.45, 7) is 11.1. The molecule has 1 aromatic carbocycles. The molecular formula is C46H64N10O10. The summed E-state index contributed by atoms with van der Waals surface area (Å²) in [4.78, 5) is 85.4. The van der Waals surface area contributed by atoms with E-state index in [1.165, 1.54) is 5.56 Å². The second-order valence-electron chi connectivity index (χ2n) is 17.3. The third-order valence-electron chi connectivity index (χ3n) is 12.6. The van der Waals surface area contributed by atoms with E-state index in [0.29, 0.717) is 103 Å². The minimum absolute atomic E-state index is 0.0211. The maximum absolute atomic E-state index is 13.2. The second kappa shape index (κ2) is 23.8. The molecule has 0 spiro atoms. The SMILES string of the molecule is CC(C)c1ccn2ncnc(NC3CCC(N4CCN(C(=O)CCC(=O)NCCOCCOCCOCCOCCNc5cccc6c5C(=O)N(C5CCC(=O)NC5=O)C6=O)CC4)CC3)c12. The van der Waals surface area contributed by atoms with Crippen LogP contribution in [-0.2, 0) is 38.1 Å². The number of piperazine rings is 1. The van der Waals surface area contributed by atoms with Gasteiger partial charge < -0.3 is 39.8 Å². The average molecular weight is 917 g/mol. The van der Waals surface area contributed by atoms with Crippen LogP contribution in [-0.4, -0.2) is 175 Å². The van der Waals surface area contributed by atoms with Crippen LogP contribution in [0.1, 0.15) is 97.4 Å². The fourth-order valence-corrected chi connectivity index (χ4v) is 9.08. The van der Waals surface area contributed by atoms with Crippen LogP contribution in [0.5, 0.6) is 0 Å². The van der Waals surface area contributed by atoms with Gasteiger partial charge in [0.05, 0.1) is 64.0 Å². The molecule has 4 N–H and O–H groups in total. The molecule has 7 rings (SSSR count). The lowest BCUT2D eigenvalue weighted by atomic mass is 9.89. The van der Waals surface area contributed by atoms with Gasteiger partial charge in [0.15, 0.2) is 5.82 Å². The van der Waals surface area contributed by atoms with Crippen molar-refractivity contribution in [2.24, 2.45) is 0 Å². The maximum atomic E-state index is 13.2. The molecule has 4 aliphatic rings. The number of nitrogens with zero attached hydrogens (tertiary/aromatic N) is 6. The molecule has 6 amide bonds. The van der Waals surface area contributed by atoms with Crippen molar-refractivity contribution in [3.05, 3.63) is 53.5 Å². The summed E-state index contributed by atoms with van der Waals surface area (Å²) in [6, 6.07) is 6.89. The Kier molecular flexibility index (Phi) is 17.4. The summed E-state index contributed by atoms with van der Waals surface area (Å²) in [5, 5.41) is 16.3. The third kappa shape index (κ3) is 12.5. The monoisotopic (exact) mass is 916 g/mol. The van der Waals surface area contributed by atoms with E-state index in [9.17, 15) is 28.8 Å². The van der Waals surface area contributed by atoms with E-state index in [0.717, 1.165) is 55.0 Å². The quantitative estimate of drug-likeness (QED) is 0.0747. The van der Waals surface area contributed by atoms with Crippen molar-refractivity contribution in [3.63, 3.8) is 0 Å². The topological polar surface area (TPSA) is 227 Å². The van der Waals surface area contributed by atoms with Gasteiger partial charge in [-0.3, -0.25) is 43.9 Å². The number of imide groups is 2. The fourth-order valence-electron chi connectivity index (χ4n) is 9.08. The molecule has 2 saturated heterocycles. The first kappa shape index (κ1) is 48.4. The van der Waals surface area contributed by atoms with E-state index < -0.39 is 29.7 Å². The first-order valence-electron chi connectivity index (χ1n) is 23.4. The number of anilines is 2. The number of rotatable bonds is 24. The molecule has 0 bridgehead atoms. The normalized spacial score (nSPS) is 20.3. The van der Waals surface area contributed by atoms with Crippen molar-refractivity contribution in [1.29, 1.82) is 0 Å². The van der Waals surface area contributed by atoms with Crippen LogP contribution < -0.4 is 21.3 Å². The van der Waals surface area contributed by atoms with Crippen LogP contribution >= 0.6 is 0 Å². The molecule has 3 fully saturated rings. The number of fused-ring (bicyclic) bond motifs is 2. The molecule has 1 aliphatic carbocycles. The van der Waals surface area contributed by atoms with Gasteiger partial charge in [0, 0.05) is 82.5 Å². The second-order valence-corrected chi connectivity index (χ2v) is 17.3. The zero-order chi connectivity index (χ0) is 46.4. The molecule has 20 heteroatoms. The predicted molar refractivity (Wildman–Crippen MR) is 242 cm³/mol. The number of amides is 6. The number of aromatic nitrogens is 3. The largest absolute Gasteiger partial charge is 0.382 e. The van der Waals surface area contributed by atoms with E-state index in [4.69, 9.17) is 18.9 Å². The number of carbonyl (C=O) groups is 6. The van der Waals surface area contributed by atoms with Crippen molar-refractivity contribution in [2.75, 3.05) is 103 Å². The Morgan fingerprint density at radius 3 is 2.17 bits per heavy atom. The van der Waals surface area contributed by atoms with Crippen molar-refractivity contribution in [1.82, 2.24) is 39.9 Å². The number of hydrogen-bond acceptors (Lipinski definition) is 15. The van der Waals surface area contributed by atoms with E-state index in [1.54, 1.807) is 24.5 Å². The molecule has 5 heterocycles. The van der Waals surface area contributed by atoms with Gasteiger partial charge in [-0.2, -0.15) is 5.10 Å². The zero-order valence-electron chi connectivity index (χ0n) is 38.1. The minimum Gasteiger partial charge on any atom is -0.382 e. The Morgan fingerprint density at radius 2 is 1.48 bits per heavy atom. The van der Waals surface area contributed by atoms with E-state index in [-0.39, 0.29) is 48.6 Å². The van der Waals surface area contributed by atoms with Gasteiger partial charge in [-0.1, -0.05) is 19.9 Å². The van der Waals surface area contributed by atoms with Crippen molar-refractivity contribution in [2.45, 2.75) is 89.3 Å². The van der Waals surface area contributed by atoms with Crippen LogP contribution in [0.3, 0.4) is 0 Å². The summed E-state index contributed by atoms with van der Waals surface area (Å²) in [5.74, 6) is -1.05. The van der Waals surface area contributed by atoms with Crippen molar-refractivity contribution < 1.29 is 47.7 Å². The number of benzene rings is 1. The molecule has 0 radical (unpaired) electrons. The van der Waals surface area contributed by atoms with Gasteiger partial charge in [0.1, 0.15) is 17.9 Å². The maximum Gasteiger partial charge on any atom is 0.264 e. The lowest BCUT2D eigenvalue weighted by molar-refractivity contribution is -0.136. The van der Waals surface area contributed by atoms with Gasteiger partial charge in [0.25, 0.3) is 11.8 Å². The Bertz CT molecular complexity index is 2170. The molecule has 358 valence electrons. The molecule has 20 nitrogen and oxygen atoms in total. The minimum atomic E-state index is -1.02.